The molecule has 1 fully saturated rings. The van der Waals surface area contributed by atoms with Crippen LogP contribution in [0, 0.1) is 18.8 Å². The average molecular weight is 340 g/mol. The highest BCUT2D eigenvalue weighted by Crippen LogP contribution is 2.36. The smallest absolute Gasteiger partial charge is 0.260 e. The fourth-order valence-corrected chi connectivity index (χ4v) is 3.91. The number of aryl methyl sites for hydroxylation is 1. The summed E-state index contributed by atoms with van der Waals surface area (Å²) in [6, 6.07) is 0.882. The average Bonchev–Trinajstić information content (AvgIpc) is 2.92. The third kappa shape index (κ3) is 3.26. The first-order chi connectivity index (χ1) is 11.4. The first kappa shape index (κ1) is 17.2. The molecule has 2 aliphatic rings. The number of anilines is 1. The molecule has 1 aromatic rings. The van der Waals surface area contributed by atoms with Crippen molar-refractivity contribution in [2.75, 3.05) is 18.4 Å². The van der Waals surface area contributed by atoms with Crippen molar-refractivity contribution in [1.82, 2.24) is 14.7 Å². The van der Waals surface area contributed by atoms with Crippen LogP contribution < -0.4 is 5.32 Å². The van der Waals surface area contributed by atoms with E-state index < -0.39 is 12.5 Å². The largest absolute Gasteiger partial charge is 0.367 e. The number of fused-ring (bicyclic) bond motifs is 1. The van der Waals surface area contributed by atoms with Crippen molar-refractivity contribution in [2.24, 2.45) is 11.8 Å². The van der Waals surface area contributed by atoms with E-state index in [0.29, 0.717) is 18.8 Å². The zero-order valence-corrected chi connectivity index (χ0v) is 14.5. The molecule has 1 saturated heterocycles. The molecule has 0 spiro atoms. The van der Waals surface area contributed by atoms with Crippen molar-refractivity contribution in [1.29, 1.82) is 0 Å². The summed E-state index contributed by atoms with van der Waals surface area (Å²) >= 11 is 0. The fourth-order valence-electron chi connectivity index (χ4n) is 3.91. The SMILES string of the molecule is Cc1cc2n(n1)[C@@H](C(F)F)C[C@@H]([C@H]1CCCN(C(=O)C(C)C)C1)N2. The highest BCUT2D eigenvalue weighted by molar-refractivity contribution is 5.78. The molecule has 24 heavy (non-hydrogen) atoms. The summed E-state index contributed by atoms with van der Waals surface area (Å²) in [6.07, 6.45) is -0.202. The summed E-state index contributed by atoms with van der Waals surface area (Å²) in [6.45, 7) is 7.04. The number of aromatic nitrogens is 2. The summed E-state index contributed by atoms with van der Waals surface area (Å²) in [7, 11) is 0. The number of alkyl halides is 2. The van der Waals surface area contributed by atoms with Gasteiger partial charge in [-0.05, 0) is 32.1 Å². The maximum atomic E-state index is 13.5. The Hall–Kier alpha value is -1.66. The molecule has 1 aromatic heterocycles. The second-order valence-corrected chi connectivity index (χ2v) is 7.35. The zero-order chi connectivity index (χ0) is 17.4. The number of nitrogens with zero attached hydrogens (tertiary/aromatic N) is 3. The lowest BCUT2D eigenvalue weighted by atomic mass is 9.85. The van der Waals surface area contributed by atoms with Gasteiger partial charge in [0.05, 0.1) is 5.69 Å². The van der Waals surface area contributed by atoms with Gasteiger partial charge in [0.25, 0.3) is 6.43 Å². The first-order valence-electron chi connectivity index (χ1n) is 8.76. The van der Waals surface area contributed by atoms with Crippen LogP contribution in [-0.4, -0.2) is 46.1 Å². The number of hydrogen-bond acceptors (Lipinski definition) is 3. The Morgan fingerprint density at radius 1 is 1.42 bits per heavy atom. The molecule has 1 N–H and O–H groups in total. The van der Waals surface area contributed by atoms with E-state index in [1.54, 1.807) is 0 Å². The summed E-state index contributed by atoms with van der Waals surface area (Å²) in [5.74, 6) is 0.996. The lowest BCUT2D eigenvalue weighted by molar-refractivity contribution is -0.136. The lowest BCUT2D eigenvalue weighted by Gasteiger charge is -2.41. The van der Waals surface area contributed by atoms with Crippen molar-refractivity contribution in [2.45, 2.75) is 58.5 Å². The van der Waals surface area contributed by atoms with Crippen LogP contribution in [0.2, 0.25) is 0 Å². The van der Waals surface area contributed by atoms with Gasteiger partial charge in [-0.3, -0.25) is 4.79 Å². The maximum Gasteiger partial charge on any atom is 0.260 e. The Balaban J connectivity index is 1.76. The minimum Gasteiger partial charge on any atom is -0.367 e. The van der Waals surface area contributed by atoms with Gasteiger partial charge in [0.1, 0.15) is 11.9 Å². The van der Waals surface area contributed by atoms with Gasteiger partial charge in [0.2, 0.25) is 5.91 Å². The number of hydrogen-bond donors (Lipinski definition) is 1. The molecular formula is C17H26F2N4O. The predicted octanol–water partition coefficient (Wildman–Crippen LogP) is 3.08. The molecule has 7 heteroatoms. The van der Waals surface area contributed by atoms with Crippen LogP contribution in [-0.2, 0) is 4.79 Å². The monoisotopic (exact) mass is 340 g/mol. The third-order valence-corrected chi connectivity index (χ3v) is 5.12. The van der Waals surface area contributed by atoms with Crippen molar-refractivity contribution in [3.05, 3.63) is 11.8 Å². The number of carbonyl (C=O) groups excluding carboxylic acids is 1. The quantitative estimate of drug-likeness (QED) is 0.920. The highest BCUT2D eigenvalue weighted by Gasteiger charge is 2.38. The molecule has 0 bridgehead atoms. The highest BCUT2D eigenvalue weighted by atomic mass is 19.3. The number of halogens is 2. The van der Waals surface area contributed by atoms with Crippen LogP contribution in [0.25, 0.3) is 0 Å². The topological polar surface area (TPSA) is 50.2 Å². The molecule has 3 atom stereocenters. The predicted molar refractivity (Wildman–Crippen MR) is 88.2 cm³/mol. The second-order valence-electron chi connectivity index (χ2n) is 7.35. The number of likely N-dealkylation sites (tertiary alicyclic amines) is 1. The van der Waals surface area contributed by atoms with E-state index in [0.717, 1.165) is 25.1 Å². The van der Waals surface area contributed by atoms with Crippen LogP contribution in [0.3, 0.4) is 0 Å². The summed E-state index contributed by atoms with van der Waals surface area (Å²) in [5, 5.41) is 7.60. The van der Waals surface area contributed by atoms with Gasteiger partial charge < -0.3 is 10.2 Å². The summed E-state index contributed by atoms with van der Waals surface area (Å²) < 4.78 is 28.4. The van der Waals surface area contributed by atoms with Gasteiger partial charge in [0.15, 0.2) is 0 Å². The van der Waals surface area contributed by atoms with E-state index in [1.165, 1.54) is 4.68 Å². The molecule has 0 radical (unpaired) electrons. The molecule has 0 aliphatic carbocycles. The molecule has 1 amide bonds. The molecule has 0 aromatic carbocycles. The van der Waals surface area contributed by atoms with E-state index in [2.05, 4.69) is 10.4 Å². The molecule has 2 aliphatic heterocycles. The Morgan fingerprint density at radius 3 is 2.83 bits per heavy atom. The standard InChI is InChI=1S/C17H26F2N4O/c1-10(2)17(24)22-6-4-5-12(9-22)13-8-14(16(18)19)23-15(20-13)7-11(3)21-23/h7,10,12-14,16,20H,4-6,8-9H2,1-3H3/t12-,13-,14+/m0/s1. The minimum atomic E-state index is -2.44. The van der Waals surface area contributed by atoms with E-state index in [-0.39, 0.29) is 23.8 Å². The van der Waals surface area contributed by atoms with Crippen LogP contribution in [0.1, 0.15) is 44.8 Å². The molecule has 0 unspecified atom stereocenters. The van der Waals surface area contributed by atoms with Crippen LogP contribution >= 0.6 is 0 Å². The first-order valence-corrected chi connectivity index (χ1v) is 8.76. The number of rotatable bonds is 3. The van der Waals surface area contributed by atoms with E-state index >= 15 is 0 Å². The number of amides is 1. The van der Waals surface area contributed by atoms with Gasteiger partial charge in [-0.25, -0.2) is 13.5 Å². The molecule has 5 nitrogen and oxygen atoms in total. The van der Waals surface area contributed by atoms with Crippen molar-refractivity contribution in [3.63, 3.8) is 0 Å². The normalized spacial score (nSPS) is 27.3. The maximum absolute atomic E-state index is 13.5. The lowest BCUT2D eigenvalue weighted by Crippen LogP contribution is -2.49. The van der Waals surface area contributed by atoms with Crippen LogP contribution in [0.4, 0.5) is 14.6 Å². The van der Waals surface area contributed by atoms with Gasteiger partial charge in [-0.2, -0.15) is 5.10 Å². The number of carbonyl (C=O) groups is 1. The third-order valence-electron chi connectivity index (χ3n) is 5.12. The molecule has 3 rings (SSSR count). The van der Waals surface area contributed by atoms with E-state index in [4.69, 9.17) is 0 Å². The van der Waals surface area contributed by atoms with Gasteiger partial charge in [0, 0.05) is 31.1 Å². The molecule has 0 saturated carbocycles. The summed E-state index contributed by atoms with van der Waals surface area (Å²) in [4.78, 5) is 14.2. The Bertz CT molecular complexity index is 601. The molecule has 134 valence electrons. The summed E-state index contributed by atoms with van der Waals surface area (Å²) in [5.41, 5.74) is 0.740. The Kier molecular flexibility index (Phi) is 4.78. The van der Waals surface area contributed by atoms with Crippen molar-refractivity contribution < 1.29 is 13.6 Å². The van der Waals surface area contributed by atoms with Crippen LogP contribution in [0.5, 0.6) is 0 Å². The Labute approximate surface area is 141 Å². The minimum absolute atomic E-state index is 0.0269. The number of piperidine rings is 1. The molecular weight excluding hydrogens is 314 g/mol. The fraction of sp³-hybridized carbons (Fsp3) is 0.765. The van der Waals surface area contributed by atoms with Crippen LogP contribution in [0.15, 0.2) is 6.07 Å². The van der Waals surface area contributed by atoms with Gasteiger partial charge >= 0.3 is 0 Å². The van der Waals surface area contributed by atoms with E-state index in [9.17, 15) is 13.6 Å². The second kappa shape index (κ2) is 6.69. The van der Waals surface area contributed by atoms with E-state index in [1.807, 2.05) is 31.7 Å². The Morgan fingerprint density at radius 2 is 2.17 bits per heavy atom. The van der Waals surface area contributed by atoms with Crippen molar-refractivity contribution in [3.8, 4) is 0 Å². The number of nitrogens with one attached hydrogen (secondary N) is 1. The van der Waals surface area contributed by atoms with Crippen molar-refractivity contribution >= 4 is 11.7 Å². The molecule has 3 heterocycles. The zero-order valence-electron chi connectivity index (χ0n) is 14.5. The van der Waals surface area contributed by atoms with Gasteiger partial charge in [-0.1, -0.05) is 13.8 Å². The van der Waals surface area contributed by atoms with Gasteiger partial charge in [-0.15, -0.1) is 0 Å².